The topological polar surface area (TPSA) is 38.3 Å². The summed E-state index contributed by atoms with van der Waals surface area (Å²) in [7, 11) is 1.42. The fraction of sp³-hybridized carbons (Fsp3) is 0.312. The summed E-state index contributed by atoms with van der Waals surface area (Å²) < 4.78 is 4.83. The summed E-state index contributed by atoms with van der Waals surface area (Å²) in [6.45, 7) is 3.99. The Morgan fingerprint density at radius 2 is 1.79 bits per heavy atom. The van der Waals surface area contributed by atoms with E-state index in [1.54, 1.807) is 0 Å². The van der Waals surface area contributed by atoms with Crippen LogP contribution in [0.4, 0.5) is 5.69 Å². The Kier molecular flexibility index (Phi) is 4.05. The molecule has 100 valence electrons. The molecule has 2 rings (SSSR count). The second kappa shape index (κ2) is 5.74. The molecule has 2 aromatic rings. The minimum Gasteiger partial charge on any atom is -0.467 e. The van der Waals surface area contributed by atoms with E-state index in [1.807, 2.05) is 44.2 Å². The molecule has 0 amide bonds. The molecular weight excluding hydrogens is 238 g/mol. The number of carbonyl (C=O) groups is 1. The van der Waals surface area contributed by atoms with Gasteiger partial charge in [0.15, 0.2) is 0 Å². The Morgan fingerprint density at radius 1 is 1.11 bits per heavy atom. The molecule has 0 aliphatic heterocycles. The molecule has 0 fully saturated rings. The van der Waals surface area contributed by atoms with E-state index in [2.05, 4.69) is 17.4 Å². The molecule has 3 nitrogen and oxygen atoms in total. The van der Waals surface area contributed by atoms with E-state index in [-0.39, 0.29) is 17.9 Å². The maximum absolute atomic E-state index is 11.7. The van der Waals surface area contributed by atoms with Gasteiger partial charge in [0.2, 0.25) is 0 Å². The van der Waals surface area contributed by atoms with Crippen LogP contribution in [-0.2, 0) is 9.53 Å². The lowest BCUT2D eigenvalue weighted by atomic mass is 10.0. The highest BCUT2D eigenvalue weighted by Crippen LogP contribution is 2.21. The van der Waals surface area contributed by atoms with Gasteiger partial charge in [0, 0.05) is 5.69 Å². The van der Waals surface area contributed by atoms with Gasteiger partial charge in [-0.2, -0.15) is 0 Å². The zero-order valence-electron chi connectivity index (χ0n) is 11.5. The Balaban J connectivity index is 2.26. The molecular formula is C16H19NO2. The lowest BCUT2D eigenvalue weighted by molar-refractivity contribution is -0.142. The van der Waals surface area contributed by atoms with Crippen LogP contribution in [0.2, 0.25) is 0 Å². The van der Waals surface area contributed by atoms with Gasteiger partial charge in [-0.15, -0.1) is 0 Å². The highest BCUT2D eigenvalue weighted by Gasteiger charge is 2.22. The van der Waals surface area contributed by atoms with E-state index < -0.39 is 0 Å². The van der Waals surface area contributed by atoms with Crippen LogP contribution in [0.5, 0.6) is 0 Å². The van der Waals surface area contributed by atoms with E-state index in [1.165, 1.54) is 12.5 Å². The van der Waals surface area contributed by atoms with Gasteiger partial charge in [0.1, 0.15) is 6.04 Å². The minimum absolute atomic E-state index is 0.166. The highest BCUT2D eigenvalue weighted by atomic mass is 16.5. The van der Waals surface area contributed by atoms with E-state index in [4.69, 9.17) is 4.74 Å². The minimum atomic E-state index is -0.328. The Labute approximate surface area is 113 Å². The number of esters is 1. The molecule has 0 radical (unpaired) electrons. The van der Waals surface area contributed by atoms with Crippen molar-refractivity contribution in [2.45, 2.75) is 19.9 Å². The molecule has 0 saturated heterocycles. The largest absolute Gasteiger partial charge is 0.467 e. The Hall–Kier alpha value is -2.03. The van der Waals surface area contributed by atoms with Crippen LogP contribution in [0, 0.1) is 5.92 Å². The van der Waals surface area contributed by atoms with Gasteiger partial charge in [0.25, 0.3) is 0 Å². The predicted molar refractivity (Wildman–Crippen MR) is 78.2 cm³/mol. The van der Waals surface area contributed by atoms with Crippen LogP contribution >= 0.6 is 0 Å². The van der Waals surface area contributed by atoms with E-state index in [0.29, 0.717) is 0 Å². The van der Waals surface area contributed by atoms with Crippen molar-refractivity contribution in [2.24, 2.45) is 5.92 Å². The maximum atomic E-state index is 11.7. The standard InChI is InChI=1S/C16H19NO2/c1-11(2)15(16(18)19-3)17-14-9-8-12-6-4-5-7-13(12)10-14/h4-11,15,17H,1-3H3. The van der Waals surface area contributed by atoms with Gasteiger partial charge in [0.05, 0.1) is 7.11 Å². The van der Waals surface area contributed by atoms with E-state index in [9.17, 15) is 4.79 Å². The van der Waals surface area contributed by atoms with Crippen LogP contribution in [-0.4, -0.2) is 19.1 Å². The van der Waals surface area contributed by atoms with Crippen LogP contribution in [0.1, 0.15) is 13.8 Å². The first-order valence-electron chi connectivity index (χ1n) is 6.45. The molecule has 0 aromatic heterocycles. The molecule has 0 aliphatic rings. The first kappa shape index (κ1) is 13.4. The molecule has 0 aliphatic carbocycles. The molecule has 0 spiro atoms. The van der Waals surface area contributed by atoms with Gasteiger partial charge < -0.3 is 10.1 Å². The van der Waals surface area contributed by atoms with Crippen molar-refractivity contribution in [1.82, 2.24) is 0 Å². The number of nitrogens with one attached hydrogen (secondary N) is 1. The predicted octanol–water partition coefficient (Wildman–Crippen LogP) is 3.45. The molecule has 1 atom stereocenters. The molecule has 0 heterocycles. The summed E-state index contributed by atoms with van der Waals surface area (Å²) in [5, 5.41) is 5.59. The summed E-state index contributed by atoms with van der Waals surface area (Å²) >= 11 is 0. The van der Waals surface area contributed by atoms with Crippen molar-refractivity contribution >= 4 is 22.4 Å². The number of ether oxygens (including phenoxy) is 1. The zero-order chi connectivity index (χ0) is 13.8. The van der Waals surface area contributed by atoms with Crippen molar-refractivity contribution in [3.8, 4) is 0 Å². The SMILES string of the molecule is COC(=O)C(Nc1ccc2ccccc2c1)C(C)C. The average Bonchev–Trinajstić information content (AvgIpc) is 2.43. The summed E-state index contributed by atoms with van der Waals surface area (Å²) in [6, 6.07) is 13.9. The third-order valence-corrected chi connectivity index (χ3v) is 3.19. The summed E-state index contributed by atoms with van der Waals surface area (Å²) in [5.41, 5.74) is 0.933. The maximum Gasteiger partial charge on any atom is 0.328 e. The molecule has 3 heteroatoms. The van der Waals surface area contributed by atoms with E-state index >= 15 is 0 Å². The van der Waals surface area contributed by atoms with Gasteiger partial charge in [-0.05, 0) is 28.8 Å². The molecule has 0 bridgehead atoms. The van der Waals surface area contributed by atoms with Crippen LogP contribution in [0.3, 0.4) is 0 Å². The number of benzene rings is 2. The lowest BCUT2D eigenvalue weighted by Gasteiger charge is -2.21. The Bertz CT molecular complexity index is 578. The van der Waals surface area contributed by atoms with Crippen LogP contribution in [0.15, 0.2) is 42.5 Å². The third-order valence-electron chi connectivity index (χ3n) is 3.19. The van der Waals surface area contributed by atoms with Crippen molar-refractivity contribution in [1.29, 1.82) is 0 Å². The lowest BCUT2D eigenvalue weighted by Crippen LogP contribution is -2.35. The second-order valence-corrected chi connectivity index (χ2v) is 4.95. The normalized spacial score (nSPS) is 12.4. The van der Waals surface area contributed by atoms with Crippen molar-refractivity contribution in [2.75, 3.05) is 12.4 Å². The summed E-state index contributed by atoms with van der Waals surface area (Å²) in [4.78, 5) is 11.7. The fourth-order valence-corrected chi connectivity index (χ4v) is 2.08. The fourth-order valence-electron chi connectivity index (χ4n) is 2.08. The molecule has 0 saturated carbocycles. The monoisotopic (exact) mass is 257 g/mol. The molecule has 1 N–H and O–H groups in total. The molecule has 2 aromatic carbocycles. The van der Waals surface area contributed by atoms with Gasteiger partial charge in [-0.25, -0.2) is 4.79 Å². The van der Waals surface area contributed by atoms with Gasteiger partial charge in [-0.3, -0.25) is 0 Å². The number of hydrogen-bond acceptors (Lipinski definition) is 3. The number of hydrogen-bond donors (Lipinski definition) is 1. The first-order chi connectivity index (χ1) is 9.11. The summed E-state index contributed by atoms with van der Waals surface area (Å²) in [6.07, 6.45) is 0. The van der Waals surface area contributed by atoms with Crippen molar-refractivity contribution in [3.05, 3.63) is 42.5 Å². The highest BCUT2D eigenvalue weighted by molar-refractivity contribution is 5.87. The number of carbonyl (C=O) groups excluding carboxylic acids is 1. The van der Waals surface area contributed by atoms with E-state index in [0.717, 1.165) is 11.1 Å². The van der Waals surface area contributed by atoms with Crippen molar-refractivity contribution < 1.29 is 9.53 Å². The van der Waals surface area contributed by atoms with Gasteiger partial charge in [-0.1, -0.05) is 44.2 Å². The smallest absolute Gasteiger partial charge is 0.328 e. The van der Waals surface area contributed by atoms with Crippen molar-refractivity contribution in [3.63, 3.8) is 0 Å². The quantitative estimate of drug-likeness (QED) is 0.853. The average molecular weight is 257 g/mol. The van der Waals surface area contributed by atoms with Gasteiger partial charge >= 0.3 is 5.97 Å². The second-order valence-electron chi connectivity index (χ2n) is 4.95. The number of methoxy groups -OCH3 is 1. The molecule has 19 heavy (non-hydrogen) atoms. The number of anilines is 1. The molecule has 1 unspecified atom stereocenters. The number of fused-ring (bicyclic) bond motifs is 1. The van der Waals surface area contributed by atoms with Crippen LogP contribution < -0.4 is 5.32 Å². The Morgan fingerprint density at radius 3 is 2.42 bits per heavy atom. The first-order valence-corrected chi connectivity index (χ1v) is 6.45. The number of rotatable bonds is 4. The third kappa shape index (κ3) is 3.05. The summed E-state index contributed by atoms with van der Waals surface area (Å²) in [5.74, 6) is -0.0675. The van der Waals surface area contributed by atoms with Crippen LogP contribution in [0.25, 0.3) is 10.8 Å². The zero-order valence-corrected chi connectivity index (χ0v) is 11.5.